The zero-order valence-electron chi connectivity index (χ0n) is 17.2. The number of hydrogen-bond acceptors (Lipinski definition) is 3. The number of anilines is 2. The highest BCUT2D eigenvalue weighted by Gasteiger charge is 2.48. The molecular formula is C23H27N4PS. The summed E-state index contributed by atoms with van der Waals surface area (Å²) < 4.78 is 4.69. The number of benzene rings is 2. The Labute approximate surface area is 178 Å². The molecule has 0 aromatic heterocycles. The van der Waals surface area contributed by atoms with E-state index < -0.39 is 6.34 Å². The number of hydrogen-bond donors (Lipinski definition) is 0. The molecule has 29 heavy (non-hydrogen) atoms. The first-order chi connectivity index (χ1) is 14.0. The van der Waals surface area contributed by atoms with Gasteiger partial charge in [-0.3, -0.25) is 4.67 Å². The minimum Gasteiger partial charge on any atom is -0.346 e. The minimum atomic E-state index is -2.24. The third-order valence-corrected chi connectivity index (χ3v) is 11.1. The predicted molar refractivity (Wildman–Crippen MR) is 127 cm³/mol. The van der Waals surface area contributed by atoms with E-state index in [2.05, 4.69) is 90.0 Å². The van der Waals surface area contributed by atoms with E-state index in [0.29, 0.717) is 0 Å². The Morgan fingerprint density at radius 1 is 0.966 bits per heavy atom. The summed E-state index contributed by atoms with van der Waals surface area (Å²) in [4.78, 5) is 2.35. The predicted octanol–water partition coefficient (Wildman–Crippen LogP) is 5.54. The molecule has 1 fully saturated rings. The quantitative estimate of drug-likeness (QED) is 0.593. The van der Waals surface area contributed by atoms with Gasteiger partial charge in [0.1, 0.15) is 0 Å². The van der Waals surface area contributed by atoms with Crippen LogP contribution in [0.25, 0.3) is 0 Å². The van der Waals surface area contributed by atoms with Crippen molar-refractivity contribution in [2.45, 2.75) is 32.1 Å². The van der Waals surface area contributed by atoms with Crippen LogP contribution in [-0.4, -0.2) is 31.0 Å². The molecule has 3 aliphatic heterocycles. The molecule has 4 nitrogen and oxygen atoms in total. The van der Waals surface area contributed by atoms with Gasteiger partial charge in [0.05, 0.1) is 17.2 Å². The fourth-order valence-corrected chi connectivity index (χ4v) is 9.46. The summed E-state index contributed by atoms with van der Waals surface area (Å²) in [6, 6.07) is 19.2. The molecule has 0 aliphatic carbocycles. The lowest BCUT2D eigenvalue weighted by atomic mass is 9.84. The van der Waals surface area contributed by atoms with E-state index in [1.54, 1.807) is 0 Å². The van der Waals surface area contributed by atoms with Gasteiger partial charge in [-0.15, -0.1) is 0 Å². The van der Waals surface area contributed by atoms with Gasteiger partial charge in [-0.2, -0.15) is 5.10 Å². The van der Waals surface area contributed by atoms with Gasteiger partial charge in [-0.1, -0.05) is 62.1 Å². The van der Waals surface area contributed by atoms with E-state index in [0.717, 1.165) is 18.8 Å². The van der Waals surface area contributed by atoms with Crippen molar-refractivity contribution in [3.05, 3.63) is 71.2 Å². The van der Waals surface area contributed by atoms with Gasteiger partial charge in [-0.25, -0.2) is 4.78 Å². The second-order valence-electron chi connectivity index (χ2n) is 8.51. The zero-order valence-corrected chi connectivity index (χ0v) is 19.0. The molecule has 3 aliphatic rings. The highest BCUT2D eigenvalue weighted by Crippen LogP contribution is 2.68. The molecular weight excluding hydrogens is 395 g/mol. The summed E-state index contributed by atoms with van der Waals surface area (Å²) in [5.74, 6) is 0. The molecule has 2 aromatic rings. The molecule has 0 amide bonds. The van der Waals surface area contributed by atoms with Crippen LogP contribution in [0, 0.1) is 0 Å². The fraction of sp³-hybridized carbons (Fsp3) is 0.348. The number of likely N-dealkylation sites (N-methyl/N-ethyl adjacent to an activating group) is 1. The van der Waals surface area contributed by atoms with Crippen molar-refractivity contribution >= 4 is 35.7 Å². The monoisotopic (exact) mass is 422 g/mol. The number of nitrogens with zero attached hydrogens (tertiary/aromatic N) is 4. The molecule has 0 saturated carbocycles. The van der Waals surface area contributed by atoms with Crippen molar-refractivity contribution in [1.29, 1.82) is 0 Å². The maximum Gasteiger partial charge on any atom is 0.154 e. The third-order valence-electron chi connectivity index (χ3n) is 6.42. The lowest BCUT2D eigenvalue weighted by Gasteiger charge is -2.38. The molecule has 1 unspecified atom stereocenters. The van der Waals surface area contributed by atoms with Gasteiger partial charge in [0, 0.05) is 36.9 Å². The fourth-order valence-electron chi connectivity index (χ4n) is 5.04. The largest absolute Gasteiger partial charge is 0.346 e. The Hall–Kier alpha value is -1.94. The average Bonchev–Trinajstić information content (AvgIpc) is 3.42. The van der Waals surface area contributed by atoms with Crippen molar-refractivity contribution in [1.82, 2.24) is 4.67 Å². The number of fused-ring (bicyclic) bond motifs is 1. The van der Waals surface area contributed by atoms with E-state index >= 15 is 0 Å². The highest BCUT2D eigenvalue weighted by atomic mass is 32.4. The first-order valence-electron chi connectivity index (χ1n) is 10.3. The molecule has 0 spiro atoms. The van der Waals surface area contributed by atoms with E-state index in [4.69, 9.17) is 16.9 Å². The minimum absolute atomic E-state index is 0.108. The second-order valence-corrected chi connectivity index (χ2v) is 12.6. The van der Waals surface area contributed by atoms with Crippen LogP contribution in [0.2, 0.25) is 0 Å². The molecule has 0 radical (unpaired) electrons. The highest BCUT2D eigenvalue weighted by molar-refractivity contribution is 8.16. The SMILES string of the molecule is CN1/C(=C2\C=NN(c3ccccc3)P2(=S)N2CCCC2)C(C)(C)c2ccccc21. The van der Waals surface area contributed by atoms with Crippen LogP contribution >= 0.6 is 6.34 Å². The lowest BCUT2D eigenvalue weighted by Crippen LogP contribution is -2.30. The van der Waals surface area contributed by atoms with Crippen LogP contribution in [0.4, 0.5) is 11.4 Å². The van der Waals surface area contributed by atoms with Crippen LogP contribution in [-0.2, 0) is 17.2 Å². The van der Waals surface area contributed by atoms with Gasteiger partial charge in [0.2, 0.25) is 0 Å². The van der Waals surface area contributed by atoms with Gasteiger partial charge < -0.3 is 4.90 Å². The number of para-hydroxylation sites is 2. The Morgan fingerprint density at radius 2 is 1.62 bits per heavy atom. The molecule has 6 heteroatoms. The zero-order chi connectivity index (χ0) is 20.2. The third kappa shape index (κ3) is 2.68. The van der Waals surface area contributed by atoms with Crippen LogP contribution < -0.4 is 9.68 Å². The van der Waals surface area contributed by atoms with Crippen molar-refractivity contribution in [2.75, 3.05) is 29.8 Å². The smallest absolute Gasteiger partial charge is 0.154 e. The van der Waals surface area contributed by atoms with E-state index in [1.807, 2.05) is 6.07 Å². The van der Waals surface area contributed by atoms with Crippen molar-refractivity contribution in [3.8, 4) is 0 Å². The number of hydrazone groups is 1. The van der Waals surface area contributed by atoms with Gasteiger partial charge in [0.25, 0.3) is 0 Å². The van der Waals surface area contributed by atoms with Gasteiger partial charge in [-0.05, 0) is 36.6 Å². The summed E-state index contributed by atoms with van der Waals surface area (Å²) in [7, 11) is 2.18. The first-order valence-corrected chi connectivity index (χ1v) is 13.0. The van der Waals surface area contributed by atoms with Crippen LogP contribution in [0.15, 0.2) is 70.7 Å². The standard InChI is InChI=1S/C23H27N4PS/c1-23(2)19-13-7-8-14-20(19)25(3)22(23)21-17-24-27(18-11-5-4-6-12-18)28(21,29)26-15-9-10-16-26/h4-8,11-14,17H,9-10,15-16H2,1-3H3/b22-21+. The van der Waals surface area contributed by atoms with Crippen molar-refractivity contribution < 1.29 is 0 Å². The summed E-state index contributed by atoms with van der Waals surface area (Å²) in [6.07, 6.45) is 2.24. The van der Waals surface area contributed by atoms with Crippen LogP contribution in [0.5, 0.6) is 0 Å². The molecule has 1 atom stereocenters. The van der Waals surface area contributed by atoms with E-state index in [-0.39, 0.29) is 5.41 Å². The van der Waals surface area contributed by atoms with Gasteiger partial charge >= 0.3 is 0 Å². The lowest BCUT2D eigenvalue weighted by molar-refractivity contribution is 0.563. The molecule has 2 aromatic carbocycles. The van der Waals surface area contributed by atoms with Crippen molar-refractivity contribution in [2.24, 2.45) is 5.10 Å². The van der Waals surface area contributed by atoms with Gasteiger partial charge in [0.15, 0.2) is 6.34 Å². The van der Waals surface area contributed by atoms with E-state index in [9.17, 15) is 0 Å². The topological polar surface area (TPSA) is 22.1 Å². The van der Waals surface area contributed by atoms with Crippen LogP contribution in [0.1, 0.15) is 32.3 Å². The number of allylic oxidation sites excluding steroid dienone is 2. The van der Waals surface area contributed by atoms with E-state index in [1.165, 1.54) is 35.1 Å². The molecule has 0 N–H and O–H groups in total. The van der Waals surface area contributed by atoms with Crippen molar-refractivity contribution in [3.63, 3.8) is 0 Å². The molecule has 1 saturated heterocycles. The Balaban J connectivity index is 1.73. The maximum atomic E-state index is 6.61. The molecule has 0 bridgehead atoms. The second kappa shape index (κ2) is 6.80. The summed E-state index contributed by atoms with van der Waals surface area (Å²) in [5, 5.41) is 6.16. The number of rotatable bonds is 2. The Morgan fingerprint density at radius 3 is 2.31 bits per heavy atom. The van der Waals surface area contributed by atoms with Crippen LogP contribution in [0.3, 0.4) is 0 Å². The normalized spacial score (nSPS) is 28.4. The average molecular weight is 423 g/mol. The Bertz CT molecular complexity index is 1050. The summed E-state index contributed by atoms with van der Waals surface area (Å²) in [6.45, 7) is 6.75. The molecule has 3 heterocycles. The summed E-state index contributed by atoms with van der Waals surface area (Å²) >= 11 is 6.61. The molecule has 5 rings (SSSR count). The first kappa shape index (κ1) is 19.0. The maximum absolute atomic E-state index is 6.61. The Kier molecular flexibility index (Phi) is 4.47. The summed E-state index contributed by atoms with van der Waals surface area (Å²) in [5.41, 5.74) is 4.92. The molecule has 150 valence electrons.